The quantitative estimate of drug-likeness (QED) is 0.524. The molecule has 1 unspecified atom stereocenters. The Morgan fingerprint density at radius 1 is 1.30 bits per heavy atom. The summed E-state index contributed by atoms with van der Waals surface area (Å²) in [5.41, 5.74) is 0. The van der Waals surface area contributed by atoms with E-state index in [1.807, 2.05) is 0 Å². The highest BCUT2D eigenvalue weighted by Crippen LogP contribution is 2.21. The minimum atomic E-state index is 0.531. The van der Waals surface area contributed by atoms with Gasteiger partial charge in [-0.2, -0.15) is 0 Å². The van der Waals surface area contributed by atoms with Gasteiger partial charge in [0, 0.05) is 0 Å². The summed E-state index contributed by atoms with van der Waals surface area (Å²) in [6.07, 6.45) is 1.33. The maximum Gasteiger partial charge on any atom is 0.0938 e. The highest BCUT2D eigenvalue weighted by molar-refractivity contribution is 7.02. The number of hydrogen-bond acceptors (Lipinski definition) is 0. The summed E-state index contributed by atoms with van der Waals surface area (Å²) in [6, 6.07) is 0. The Bertz CT molecular complexity index is 83.7. The zero-order valence-corrected chi connectivity index (χ0v) is 8.20. The normalized spacial score (nSPS) is 14.5. The van der Waals surface area contributed by atoms with Crippen molar-refractivity contribution in [2.45, 2.75) is 52.2 Å². The summed E-state index contributed by atoms with van der Waals surface area (Å²) in [6.45, 7) is 11.6. The number of hydrogen-bond donors (Lipinski definition) is 0. The first-order valence-corrected chi connectivity index (χ1v) is 4.45. The molecular formula is C8H20B2. The van der Waals surface area contributed by atoms with Crippen LogP contribution in [0.3, 0.4) is 0 Å². The molecule has 0 aromatic rings. The molecule has 0 aliphatic heterocycles. The van der Waals surface area contributed by atoms with Crippen LogP contribution in [-0.2, 0) is 0 Å². The molecule has 0 spiro atoms. The van der Waals surface area contributed by atoms with Crippen molar-refractivity contribution in [3.8, 4) is 0 Å². The molecule has 0 saturated carbocycles. The summed E-state index contributed by atoms with van der Waals surface area (Å²) < 4.78 is 0. The Morgan fingerprint density at radius 2 is 1.80 bits per heavy atom. The highest BCUT2D eigenvalue weighted by Gasteiger charge is 2.14. The fourth-order valence-corrected chi connectivity index (χ4v) is 0.884. The molecule has 0 aromatic heterocycles. The van der Waals surface area contributed by atoms with Crippen LogP contribution in [-0.4, -0.2) is 14.3 Å². The topological polar surface area (TPSA) is 0 Å². The second kappa shape index (κ2) is 4.10. The smallest absolute Gasteiger partial charge is 0.0763 e. The van der Waals surface area contributed by atoms with E-state index in [-0.39, 0.29) is 0 Å². The summed E-state index contributed by atoms with van der Waals surface area (Å²) >= 11 is 0. The van der Waals surface area contributed by atoms with Crippen LogP contribution in [0.15, 0.2) is 0 Å². The van der Waals surface area contributed by atoms with Crippen molar-refractivity contribution in [3.05, 3.63) is 0 Å². The SMILES string of the molecule is CCC(C)BBC(C)(C)C. The van der Waals surface area contributed by atoms with E-state index in [2.05, 4.69) is 34.6 Å². The maximum atomic E-state index is 2.34. The lowest BCUT2D eigenvalue weighted by atomic mass is 9.26. The summed E-state index contributed by atoms with van der Waals surface area (Å²) in [4.78, 5) is 0. The fraction of sp³-hybridized carbons (Fsp3) is 1.00. The molecule has 0 bridgehead atoms. The van der Waals surface area contributed by atoms with Gasteiger partial charge < -0.3 is 0 Å². The van der Waals surface area contributed by atoms with Crippen LogP contribution in [0, 0.1) is 0 Å². The third-order valence-electron chi connectivity index (χ3n) is 2.08. The van der Waals surface area contributed by atoms with Crippen molar-refractivity contribution in [1.82, 2.24) is 0 Å². The van der Waals surface area contributed by atoms with Crippen LogP contribution in [0.1, 0.15) is 41.0 Å². The van der Waals surface area contributed by atoms with Crippen molar-refractivity contribution < 1.29 is 0 Å². The van der Waals surface area contributed by atoms with Crippen LogP contribution in [0.5, 0.6) is 0 Å². The van der Waals surface area contributed by atoms with E-state index in [0.717, 1.165) is 5.82 Å². The van der Waals surface area contributed by atoms with Gasteiger partial charge in [-0.25, -0.2) is 0 Å². The Balaban J connectivity index is 3.36. The summed E-state index contributed by atoms with van der Waals surface area (Å²) in [5.74, 6) is 0.916. The van der Waals surface area contributed by atoms with Gasteiger partial charge in [-0.1, -0.05) is 52.2 Å². The molecule has 0 N–H and O–H groups in total. The van der Waals surface area contributed by atoms with E-state index in [9.17, 15) is 0 Å². The molecule has 0 fully saturated rings. The fourth-order valence-electron chi connectivity index (χ4n) is 0.884. The highest BCUT2D eigenvalue weighted by atomic mass is 14.0. The van der Waals surface area contributed by atoms with Gasteiger partial charge in [0.05, 0.1) is 14.3 Å². The minimum Gasteiger partial charge on any atom is -0.0763 e. The second-order valence-electron chi connectivity index (χ2n) is 4.61. The van der Waals surface area contributed by atoms with E-state index >= 15 is 0 Å². The molecule has 58 valence electrons. The average Bonchev–Trinajstić information content (AvgIpc) is 1.81. The molecule has 0 aliphatic rings. The lowest BCUT2D eigenvalue weighted by Crippen LogP contribution is -2.18. The van der Waals surface area contributed by atoms with E-state index in [1.54, 1.807) is 0 Å². The van der Waals surface area contributed by atoms with Crippen LogP contribution in [0.4, 0.5) is 0 Å². The molecule has 10 heavy (non-hydrogen) atoms. The van der Waals surface area contributed by atoms with Gasteiger partial charge in [0.2, 0.25) is 0 Å². The van der Waals surface area contributed by atoms with Crippen LogP contribution >= 0.6 is 0 Å². The van der Waals surface area contributed by atoms with Gasteiger partial charge in [-0.15, -0.1) is 0 Å². The summed E-state index contributed by atoms with van der Waals surface area (Å²) in [7, 11) is 2.75. The zero-order chi connectivity index (χ0) is 8.20. The molecular weight excluding hydrogens is 118 g/mol. The number of rotatable bonds is 3. The molecule has 0 rings (SSSR count). The van der Waals surface area contributed by atoms with E-state index < -0.39 is 0 Å². The Kier molecular flexibility index (Phi) is 4.15. The van der Waals surface area contributed by atoms with E-state index in [0.29, 0.717) is 5.31 Å². The largest absolute Gasteiger partial charge is 0.0938 e. The molecule has 0 aromatic carbocycles. The van der Waals surface area contributed by atoms with Gasteiger partial charge >= 0.3 is 0 Å². The van der Waals surface area contributed by atoms with Crippen molar-refractivity contribution in [2.24, 2.45) is 0 Å². The summed E-state index contributed by atoms with van der Waals surface area (Å²) in [5, 5.41) is 0.531. The van der Waals surface area contributed by atoms with Gasteiger partial charge in [0.25, 0.3) is 0 Å². The minimum absolute atomic E-state index is 0.531. The zero-order valence-electron chi connectivity index (χ0n) is 8.20. The third kappa shape index (κ3) is 6.25. The molecule has 0 heterocycles. The first-order chi connectivity index (χ1) is 4.45. The van der Waals surface area contributed by atoms with E-state index in [1.165, 1.54) is 20.8 Å². The molecule has 2 heteroatoms. The van der Waals surface area contributed by atoms with Crippen molar-refractivity contribution in [3.63, 3.8) is 0 Å². The second-order valence-corrected chi connectivity index (χ2v) is 4.61. The molecule has 0 amide bonds. The Hall–Kier alpha value is 0.130. The lowest BCUT2D eigenvalue weighted by molar-refractivity contribution is 0.760. The Labute approximate surface area is 67.3 Å². The van der Waals surface area contributed by atoms with Crippen molar-refractivity contribution in [2.75, 3.05) is 0 Å². The average molecular weight is 138 g/mol. The predicted octanol–water partition coefficient (Wildman–Crippen LogP) is 2.21. The molecule has 0 radical (unpaired) electrons. The van der Waals surface area contributed by atoms with Gasteiger partial charge in [-0.3, -0.25) is 0 Å². The van der Waals surface area contributed by atoms with Crippen molar-refractivity contribution >= 4 is 14.3 Å². The predicted molar refractivity (Wildman–Crippen MR) is 53.7 cm³/mol. The first-order valence-electron chi connectivity index (χ1n) is 4.45. The van der Waals surface area contributed by atoms with Gasteiger partial charge in [0.15, 0.2) is 0 Å². The van der Waals surface area contributed by atoms with Crippen molar-refractivity contribution in [1.29, 1.82) is 0 Å². The van der Waals surface area contributed by atoms with Gasteiger partial charge in [-0.05, 0) is 0 Å². The Morgan fingerprint density at radius 3 is 2.10 bits per heavy atom. The van der Waals surface area contributed by atoms with Crippen LogP contribution < -0.4 is 0 Å². The van der Waals surface area contributed by atoms with Crippen LogP contribution in [0.25, 0.3) is 0 Å². The molecule has 1 atom stereocenters. The maximum absolute atomic E-state index is 2.34. The standard InChI is InChI=1S/C8H20B2/c1-6-7(2)9-10-8(3,4)5/h7,9-10H,6H2,1-5H3. The first kappa shape index (κ1) is 10.1. The molecule has 0 saturated heterocycles. The van der Waals surface area contributed by atoms with Crippen LogP contribution in [0.2, 0.25) is 11.1 Å². The van der Waals surface area contributed by atoms with Gasteiger partial charge in [0.1, 0.15) is 0 Å². The molecule has 0 nitrogen and oxygen atoms in total. The third-order valence-corrected chi connectivity index (χ3v) is 2.08. The monoisotopic (exact) mass is 138 g/mol. The lowest BCUT2D eigenvalue weighted by Gasteiger charge is -2.17. The van der Waals surface area contributed by atoms with E-state index in [4.69, 9.17) is 0 Å². The molecule has 0 aliphatic carbocycles.